The van der Waals surface area contributed by atoms with Crippen LogP contribution in [0.3, 0.4) is 0 Å². The third-order valence-electron chi connectivity index (χ3n) is 17.5. The van der Waals surface area contributed by atoms with Crippen molar-refractivity contribution in [3.63, 3.8) is 0 Å². The second-order valence-corrected chi connectivity index (χ2v) is 27.7. The average molecular weight is 1380 g/mol. The van der Waals surface area contributed by atoms with Crippen LogP contribution in [0.4, 0.5) is 34.3 Å². The van der Waals surface area contributed by atoms with Crippen molar-refractivity contribution in [2.24, 2.45) is 0 Å². The Kier molecular flexibility index (Phi) is 13.9. The molecule has 456 valence electrons. The van der Waals surface area contributed by atoms with E-state index in [0.717, 1.165) is 105 Å². The van der Waals surface area contributed by atoms with Crippen molar-refractivity contribution in [2.45, 2.75) is 85.5 Å². The Balaban J connectivity index is 1.03. The summed E-state index contributed by atoms with van der Waals surface area (Å²) in [7, 11) is 0. The number of rotatable bonds is 9. The van der Waals surface area contributed by atoms with Crippen LogP contribution in [0.15, 0.2) is 261 Å². The molecule has 0 saturated heterocycles. The van der Waals surface area contributed by atoms with Gasteiger partial charge in [0.15, 0.2) is 0 Å². The van der Waals surface area contributed by atoms with Crippen molar-refractivity contribution in [3.8, 4) is 78.5 Å². The van der Waals surface area contributed by atoms with Gasteiger partial charge in [-0.25, -0.2) is 0 Å². The normalized spacial score (nSPS) is 13.2. The fraction of sp³-hybridized carbons (Fsp3) is 0.153. The van der Waals surface area contributed by atoms with Gasteiger partial charge in [0.05, 0.1) is 12.5 Å². The van der Waals surface area contributed by atoms with E-state index in [1.807, 2.05) is 25.1 Å². The number of aromatic nitrogens is 3. The molecule has 3 heterocycles. The van der Waals surface area contributed by atoms with E-state index < -0.39 is 23.5 Å². The van der Waals surface area contributed by atoms with Crippen LogP contribution in [0.5, 0.6) is 11.5 Å². The van der Waals surface area contributed by atoms with E-state index in [9.17, 15) is 0 Å². The number of hydrogen-bond acceptors (Lipinski definition) is 4. The molecule has 0 bridgehead atoms. The number of aryl methyl sites for hydroxylation is 1. The zero-order valence-corrected chi connectivity index (χ0v) is 55.7. The molecule has 11 aromatic carbocycles. The number of imidazole rings is 1. The first kappa shape index (κ1) is 53.9. The van der Waals surface area contributed by atoms with Crippen molar-refractivity contribution < 1.29 is 30.9 Å². The first-order valence-electron chi connectivity index (χ1n) is 33.8. The van der Waals surface area contributed by atoms with E-state index in [1.165, 1.54) is 5.56 Å². The molecule has 7 heteroatoms. The number of ether oxygens (including phenoxy) is 1. The molecule has 0 N–H and O–H groups in total. The van der Waals surface area contributed by atoms with Crippen LogP contribution < -0.4 is 14.5 Å². The summed E-state index contributed by atoms with van der Waals surface area (Å²) in [5.74, 6) is 1.48. The van der Waals surface area contributed by atoms with Crippen LogP contribution >= 0.6 is 0 Å². The number of benzene rings is 11. The van der Waals surface area contributed by atoms with Crippen molar-refractivity contribution in [1.82, 2.24) is 14.1 Å². The third-order valence-corrected chi connectivity index (χ3v) is 18.5. The molecule has 0 atom stereocenters. The Labute approximate surface area is 559 Å². The molecule has 0 amide bonds. The van der Waals surface area contributed by atoms with Gasteiger partial charge in [0.1, 0.15) is 0 Å². The van der Waals surface area contributed by atoms with Gasteiger partial charge in [-0.2, -0.15) is 0 Å². The summed E-state index contributed by atoms with van der Waals surface area (Å²) >= 11 is 2.48. The molecule has 0 saturated carbocycles. The SMILES string of the molecule is [2H]c1c([2H])c([2H])c(-c2cnc(N3c4[c-]c(Oc5[c-]c(-n6[c](=[Pt])n(-c7c(-c8ccccc8)cccc7-c7ccccc7)c7ccccc76)ccc5)c(C(C)(C)C)cc4-c4ccccc4N(c4ccc(C(C)(C)C)cc4)c4ccccc4-c4cc(C(C)(C)C)ccc43)cc2C)c([2H])c1[2H]. The molecule has 2 aromatic heterocycles. The van der Waals surface area contributed by atoms with E-state index in [1.54, 1.807) is 6.20 Å². The first-order chi connectivity index (χ1) is 46.5. The Hall–Kier alpha value is -9.87. The average Bonchev–Trinajstić information content (AvgIpc) is 1.67. The molecule has 6 nitrogen and oxygen atoms in total. The zero-order valence-electron chi connectivity index (χ0n) is 58.4. The summed E-state index contributed by atoms with van der Waals surface area (Å²) in [4.78, 5) is 9.90. The van der Waals surface area contributed by atoms with E-state index in [4.69, 9.17) is 16.6 Å². The minimum Gasteiger partial charge on any atom is -0.0616 e. The number of anilines is 6. The van der Waals surface area contributed by atoms with E-state index in [2.05, 4.69) is 319 Å². The van der Waals surface area contributed by atoms with Crippen molar-refractivity contribution >= 4 is 45.3 Å². The van der Waals surface area contributed by atoms with Gasteiger partial charge in [-0.05, 0) is 70.3 Å². The molecule has 0 spiro atoms. The summed E-state index contributed by atoms with van der Waals surface area (Å²) in [6.07, 6.45) is 1.64. The number of pyridine rings is 1. The summed E-state index contributed by atoms with van der Waals surface area (Å²) in [6, 6.07) is 85.4. The zero-order chi connectivity index (χ0) is 68.0. The molecule has 0 aliphatic carbocycles. The van der Waals surface area contributed by atoms with Crippen molar-refractivity contribution in [1.29, 1.82) is 0 Å². The molecular formula is C85H73N5OPt-2. The van der Waals surface area contributed by atoms with Gasteiger partial charge < -0.3 is 4.90 Å². The number of hydrogen-bond donors (Lipinski definition) is 0. The van der Waals surface area contributed by atoms with Crippen LogP contribution in [-0.2, 0) is 35.6 Å². The summed E-state index contributed by atoms with van der Waals surface area (Å²) in [6.45, 7) is 21.9. The Bertz CT molecular complexity index is 5230. The molecule has 92 heavy (non-hydrogen) atoms. The minimum atomic E-state index is -0.525. The standard InChI is InChI=1S/C85H73N5O.Pt/c1-57-50-81(86-55-72(57)60-32-18-13-19-33-60)90-76-49-46-62(84(5,6)7)51-70(76)68-36-20-22-40-74(68)89(63-47-44-61(45-48-63)83(2,3)4)75-41-23-21-37-69(75)71-53-73(85(8,9)10)80(54-79(71)90)91-65-35-26-34-64(52-65)87-56-88(78-43-25-24-42-77(78)87)82-66(58-28-14-11-15-29-58)38-27-39-67(82)59-30-16-12-17-31-59;/h11-51,53,55H,1-10H3;/q-2;/i13D,18D,19D,32D,33D;. The van der Waals surface area contributed by atoms with Crippen molar-refractivity contribution in [2.75, 3.05) is 9.80 Å². The Morgan fingerprint density at radius 1 is 0.446 bits per heavy atom. The van der Waals surface area contributed by atoms with Crippen molar-refractivity contribution in [3.05, 3.63) is 299 Å². The minimum absolute atomic E-state index is 0.0807. The number of nitrogens with zero attached hydrogens (tertiary/aromatic N) is 5. The van der Waals surface area contributed by atoms with Crippen LogP contribution in [0.25, 0.3) is 78.0 Å². The second kappa shape index (κ2) is 23.7. The maximum absolute atomic E-state index is 9.10. The van der Waals surface area contributed by atoms with Gasteiger partial charge in [-0.1, -0.05) is 120 Å². The molecular weight excluding hydrogens is 1300 g/mol. The molecule has 14 rings (SSSR count). The van der Waals surface area contributed by atoms with Gasteiger partial charge in [0.25, 0.3) is 0 Å². The fourth-order valence-electron chi connectivity index (χ4n) is 12.7. The van der Waals surface area contributed by atoms with Gasteiger partial charge in [0.2, 0.25) is 0 Å². The van der Waals surface area contributed by atoms with Gasteiger partial charge in [-0.3, -0.25) is 0 Å². The Morgan fingerprint density at radius 2 is 0.989 bits per heavy atom. The summed E-state index contributed by atoms with van der Waals surface area (Å²) < 4.78 is 57.1. The van der Waals surface area contributed by atoms with E-state index >= 15 is 0 Å². The van der Waals surface area contributed by atoms with Gasteiger partial charge in [0, 0.05) is 23.0 Å². The molecule has 13 aromatic rings. The Morgan fingerprint density at radius 3 is 1.60 bits per heavy atom. The monoisotopic (exact) mass is 1380 g/mol. The molecule has 0 unspecified atom stereocenters. The molecule has 0 fully saturated rings. The predicted molar refractivity (Wildman–Crippen MR) is 379 cm³/mol. The topological polar surface area (TPSA) is 38.5 Å². The van der Waals surface area contributed by atoms with Crippen LogP contribution in [0.2, 0.25) is 0 Å². The third kappa shape index (κ3) is 11.0. The van der Waals surface area contributed by atoms with Crippen LogP contribution in [0.1, 0.15) is 91.4 Å². The smallest absolute Gasteiger partial charge is 0.0616 e. The summed E-state index contributed by atoms with van der Waals surface area (Å²) in [5.41, 5.74) is 19.8. The van der Waals surface area contributed by atoms with E-state index in [-0.39, 0.29) is 28.5 Å². The first-order valence-corrected chi connectivity index (χ1v) is 32.4. The molecule has 1 aliphatic rings. The predicted octanol–water partition coefficient (Wildman–Crippen LogP) is 23.1. The number of fused-ring (bicyclic) bond motifs is 7. The number of para-hydroxylation sites is 5. The molecule has 1 aliphatic heterocycles. The quantitative estimate of drug-likeness (QED) is 0.135. The van der Waals surface area contributed by atoms with E-state index in [0.29, 0.717) is 34.1 Å². The van der Waals surface area contributed by atoms with Crippen LogP contribution in [-0.4, -0.2) is 14.1 Å². The fourth-order valence-corrected chi connectivity index (χ4v) is 13.8. The second-order valence-electron chi connectivity index (χ2n) is 26.7. The van der Waals surface area contributed by atoms with Gasteiger partial charge >= 0.3 is 332 Å². The summed E-state index contributed by atoms with van der Waals surface area (Å²) in [5, 5.41) is 0. The molecule has 0 radical (unpaired) electrons. The van der Waals surface area contributed by atoms with Crippen LogP contribution in [0, 0.1) is 22.9 Å². The maximum atomic E-state index is 9.10. The van der Waals surface area contributed by atoms with Gasteiger partial charge in [-0.15, -0.1) is 0 Å².